The van der Waals surface area contributed by atoms with Crippen LogP contribution in [-0.2, 0) is 47.0 Å². The number of nitrogens with one attached hydrogen (secondary N) is 3. The first kappa shape index (κ1) is 24.4. The number of alkyl carbamates (subject to hydrolysis) is 1. The number of nitrogens with zero attached hydrogens (tertiary/aromatic N) is 2. The molecule has 0 saturated carbocycles. The van der Waals surface area contributed by atoms with Gasteiger partial charge in [0, 0.05) is 5.69 Å². The van der Waals surface area contributed by atoms with Crippen LogP contribution in [0.2, 0.25) is 0 Å². The van der Waals surface area contributed by atoms with Gasteiger partial charge >= 0.3 is 12.1 Å². The van der Waals surface area contributed by atoms with Gasteiger partial charge in [-0.1, -0.05) is 6.07 Å². The smallest absolute Gasteiger partial charge is 0.408 e. The van der Waals surface area contributed by atoms with Gasteiger partial charge in [0.05, 0.1) is 18.8 Å². The van der Waals surface area contributed by atoms with Crippen molar-refractivity contribution in [1.82, 2.24) is 19.8 Å². The van der Waals surface area contributed by atoms with Crippen molar-refractivity contribution in [2.24, 2.45) is 0 Å². The van der Waals surface area contributed by atoms with Crippen molar-refractivity contribution in [3.63, 3.8) is 0 Å². The standard InChI is InChI=1S/C24H31N5O6S/c1-24(2,3)35-23(31)26-16-12-29-21(34-13-16)19(11-25-29)36(32,33)28-22(30)27-20-17-8-4-6-14(17)10-15-7-5-9-18(15)20/h10-11,16H,4-9,12-13H2,1-3H3,(H,26,31)(H2,27,28,30). The molecule has 0 fully saturated rings. The van der Waals surface area contributed by atoms with Crippen LogP contribution in [0, 0.1) is 0 Å². The van der Waals surface area contributed by atoms with Gasteiger partial charge in [-0.05, 0) is 81.5 Å². The van der Waals surface area contributed by atoms with Gasteiger partial charge in [0.25, 0.3) is 10.0 Å². The molecule has 2 aromatic rings. The number of carbonyl (C=O) groups is 2. The number of aromatic nitrogens is 2. The molecule has 5 rings (SSSR count). The minimum absolute atomic E-state index is 0.0130. The zero-order valence-corrected chi connectivity index (χ0v) is 21.5. The van der Waals surface area contributed by atoms with Crippen LogP contribution in [-0.4, -0.2) is 48.6 Å². The SMILES string of the molecule is CC(C)(C)OC(=O)NC1COc2c(S(=O)(=O)NC(=O)Nc3c4c(cc5c3CCC5)CCC4)cnn2C1. The molecule has 3 amide bonds. The number of ether oxygens (including phenoxy) is 2. The van der Waals surface area contributed by atoms with Crippen LogP contribution in [0.1, 0.15) is 55.9 Å². The Kier molecular flexibility index (Phi) is 6.09. The summed E-state index contributed by atoms with van der Waals surface area (Å²) in [7, 11) is -4.25. The predicted molar refractivity (Wildman–Crippen MR) is 131 cm³/mol. The van der Waals surface area contributed by atoms with E-state index in [0.29, 0.717) is 0 Å². The summed E-state index contributed by atoms with van der Waals surface area (Å²) in [5.41, 5.74) is 4.81. The van der Waals surface area contributed by atoms with Crippen LogP contribution >= 0.6 is 0 Å². The second-order valence-corrected chi connectivity index (χ2v) is 12.1. The van der Waals surface area contributed by atoms with E-state index >= 15 is 0 Å². The van der Waals surface area contributed by atoms with Crippen LogP contribution in [0.15, 0.2) is 17.2 Å². The first-order chi connectivity index (χ1) is 17.0. The zero-order chi connectivity index (χ0) is 25.7. The highest BCUT2D eigenvalue weighted by Crippen LogP contribution is 2.38. The molecule has 0 radical (unpaired) electrons. The van der Waals surface area contributed by atoms with Crippen LogP contribution in [0.4, 0.5) is 15.3 Å². The van der Waals surface area contributed by atoms with E-state index in [4.69, 9.17) is 9.47 Å². The van der Waals surface area contributed by atoms with E-state index in [1.165, 1.54) is 15.8 Å². The molecule has 11 nitrogen and oxygen atoms in total. The van der Waals surface area contributed by atoms with Gasteiger partial charge < -0.3 is 20.1 Å². The Labute approximate surface area is 210 Å². The van der Waals surface area contributed by atoms with Crippen LogP contribution in [0.3, 0.4) is 0 Å². The Morgan fingerprint density at radius 1 is 1.11 bits per heavy atom. The van der Waals surface area contributed by atoms with Gasteiger partial charge in [-0.2, -0.15) is 5.10 Å². The van der Waals surface area contributed by atoms with Crippen LogP contribution < -0.4 is 20.1 Å². The number of anilines is 1. The second kappa shape index (κ2) is 8.99. The lowest BCUT2D eigenvalue weighted by Gasteiger charge is -2.27. The molecule has 2 heterocycles. The number of urea groups is 1. The molecule has 0 saturated heterocycles. The lowest BCUT2D eigenvalue weighted by atomic mass is 9.99. The molecule has 0 bridgehead atoms. The summed E-state index contributed by atoms with van der Waals surface area (Å²) in [5, 5.41) is 9.61. The van der Waals surface area contributed by atoms with Gasteiger partial charge in [-0.15, -0.1) is 0 Å². The number of rotatable bonds is 4. The highest BCUT2D eigenvalue weighted by Gasteiger charge is 2.33. The average Bonchev–Trinajstić information content (AvgIpc) is 3.50. The van der Waals surface area contributed by atoms with Crippen LogP contribution in [0.5, 0.6) is 5.88 Å². The largest absolute Gasteiger partial charge is 0.475 e. The summed E-state index contributed by atoms with van der Waals surface area (Å²) in [6.45, 7) is 5.50. The Bertz CT molecular complexity index is 1300. The molecule has 1 aliphatic heterocycles. The summed E-state index contributed by atoms with van der Waals surface area (Å²) >= 11 is 0. The first-order valence-electron chi connectivity index (χ1n) is 12.2. The number of benzene rings is 1. The first-order valence-corrected chi connectivity index (χ1v) is 13.7. The molecule has 1 aromatic heterocycles. The Morgan fingerprint density at radius 2 is 1.78 bits per heavy atom. The van der Waals surface area contributed by atoms with E-state index < -0.39 is 33.8 Å². The van der Waals surface area contributed by atoms with Crippen molar-refractivity contribution in [2.45, 2.75) is 82.4 Å². The molecule has 2 aliphatic carbocycles. The van der Waals surface area contributed by atoms with E-state index in [1.54, 1.807) is 20.8 Å². The lowest BCUT2D eigenvalue weighted by molar-refractivity contribution is 0.0459. The molecule has 1 unspecified atom stereocenters. The minimum Gasteiger partial charge on any atom is -0.475 e. The monoisotopic (exact) mass is 517 g/mol. The molecular weight excluding hydrogens is 486 g/mol. The van der Waals surface area contributed by atoms with Crippen molar-refractivity contribution in [1.29, 1.82) is 0 Å². The van der Waals surface area contributed by atoms with Crippen LogP contribution in [0.25, 0.3) is 0 Å². The van der Waals surface area contributed by atoms with Gasteiger partial charge in [-0.3, -0.25) is 0 Å². The fourth-order valence-corrected chi connectivity index (χ4v) is 6.09. The molecule has 3 N–H and O–H groups in total. The fourth-order valence-electron chi connectivity index (χ4n) is 5.10. The molecular formula is C24H31N5O6S. The lowest BCUT2D eigenvalue weighted by Crippen LogP contribution is -2.46. The topological polar surface area (TPSA) is 141 Å². The predicted octanol–water partition coefficient (Wildman–Crippen LogP) is 2.66. The second-order valence-electron chi connectivity index (χ2n) is 10.4. The Balaban J connectivity index is 1.28. The molecule has 1 atom stereocenters. The maximum absolute atomic E-state index is 13.1. The van der Waals surface area contributed by atoms with Crippen molar-refractivity contribution in [3.8, 4) is 5.88 Å². The van der Waals surface area contributed by atoms with E-state index in [0.717, 1.165) is 61.5 Å². The average molecular weight is 518 g/mol. The molecule has 0 spiro atoms. The molecule has 1 aromatic carbocycles. The van der Waals surface area contributed by atoms with Crippen molar-refractivity contribution < 1.29 is 27.5 Å². The van der Waals surface area contributed by atoms with Gasteiger partial charge in [0.2, 0.25) is 5.88 Å². The number of fused-ring (bicyclic) bond motifs is 3. The van der Waals surface area contributed by atoms with Gasteiger partial charge in [0.15, 0.2) is 4.90 Å². The zero-order valence-electron chi connectivity index (χ0n) is 20.6. The Hall–Kier alpha value is -3.28. The summed E-state index contributed by atoms with van der Waals surface area (Å²) in [5.74, 6) is 0.0130. The number of amides is 3. The summed E-state index contributed by atoms with van der Waals surface area (Å²) < 4.78 is 40.4. The molecule has 12 heteroatoms. The molecule has 194 valence electrons. The highest BCUT2D eigenvalue weighted by atomic mass is 32.2. The van der Waals surface area contributed by atoms with E-state index in [9.17, 15) is 18.0 Å². The third-order valence-electron chi connectivity index (χ3n) is 6.52. The molecule has 3 aliphatic rings. The number of sulfonamides is 1. The fraction of sp³-hybridized carbons (Fsp3) is 0.542. The highest BCUT2D eigenvalue weighted by molar-refractivity contribution is 7.90. The van der Waals surface area contributed by atoms with E-state index in [1.807, 2.05) is 0 Å². The van der Waals surface area contributed by atoms with E-state index in [2.05, 4.69) is 26.5 Å². The van der Waals surface area contributed by atoms with E-state index in [-0.39, 0.29) is 23.9 Å². The molecule has 36 heavy (non-hydrogen) atoms. The Morgan fingerprint density at radius 3 is 2.42 bits per heavy atom. The summed E-state index contributed by atoms with van der Waals surface area (Å²) in [4.78, 5) is 24.7. The number of aryl methyl sites for hydroxylation is 2. The van der Waals surface area contributed by atoms with Crippen molar-refractivity contribution in [3.05, 3.63) is 34.5 Å². The van der Waals surface area contributed by atoms with Crippen molar-refractivity contribution in [2.75, 3.05) is 11.9 Å². The minimum atomic E-state index is -4.25. The quantitative estimate of drug-likeness (QED) is 0.566. The maximum Gasteiger partial charge on any atom is 0.408 e. The summed E-state index contributed by atoms with van der Waals surface area (Å²) in [6, 6.07) is 0.970. The summed E-state index contributed by atoms with van der Waals surface area (Å²) in [6.07, 6.45) is 6.27. The van der Waals surface area contributed by atoms with Gasteiger partial charge in [0.1, 0.15) is 12.2 Å². The third kappa shape index (κ3) is 4.86. The number of carbonyl (C=O) groups excluding carboxylic acids is 2. The third-order valence-corrected chi connectivity index (χ3v) is 7.84. The number of hydrogen-bond acceptors (Lipinski definition) is 7. The number of hydrogen-bond donors (Lipinski definition) is 3. The van der Waals surface area contributed by atoms with Gasteiger partial charge in [-0.25, -0.2) is 27.4 Å². The maximum atomic E-state index is 13.1. The van der Waals surface area contributed by atoms with Crippen molar-refractivity contribution >= 4 is 27.8 Å². The normalized spacial score (nSPS) is 18.5.